The molecule has 3 aliphatic heterocycles. The highest BCUT2D eigenvalue weighted by molar-refractivity contribution is 6.70. The summed E-state index contributed by atoms with van der Waals surface area (Å²) >= 11 is 0. The first-order valence-corrected chi connectivity index (χ1v) is 48.7. The molecule has 26 atom stereocenters. The summed E-state index contributed by atoms with van der Waals surface area (Å²) in [5.74, 6) is 11.2. The van der Waals surface area contributed by atoms with Crippen molar-refractivity contribution in [1.82, 2.24) is 0 Å². The lowest BCUT2D eigenvalue weighted by molar-refractivity contribution is -0.416. The molecule has 0 aromatic rings. The molecule has 618 valence electrons. The topological polar surface area (TPSA) is 83.1 Å². The summed E-state index contributed by atoms with van der Waals surface area (Å²) in [6, 6.07) is 0. The van der Waals surface area contributed by atoms with Crippen molar-refractivity contribution < 1.29 is 94.4 Å². The molecule has 0 radical (unpaired) electrons. The van der Waals surface area contributed by atoms with Gasteiger partial charge in [0.25, 0.3) is 5.60 Å². The highest BCUT2D eigenvalue weighted by atomic mass is 28.4. The zero-order chi connectivity index (χ0) is 71.5. The minimum absolute atomic E-state index is 0. The molecule has 9 nitrogen and oxygen atoms in total. The molecule has 26 unspecified atom stereocenters. The first-order chi connectivity index (χ1) is 45.6. The number of fused-ring (bicyclic) bond motifs is 27. The standard InChI is InChI=1S/C21H28F6O2.C21H31F3O2.C20H29F3O2.3C4H12OSi.6CH4/c22-20(23,24)19(21(25,26)27,29-16-3-1-2-6-28-16)10-14-8-13-9-15(14)18-12-5-4-11(7-12)17(13)18;1-20(21(22,23)24,26-17-4-2-3-7-25-17)11-15-9-14-10-16(15)19-13-6-5-12(8-13)18(14)19;21-20(22,23)16(25-17-3-1-2-6-24-17)10-13-8-14-9-15(13)19-12-5-4-11(7-12)18(14)19;3*1-5-6(2,3)4;;;;;;/h11-18H,1-10H2;12-19H,2-11H2,1H3;11-19H,1-10H2;3*1-4H3;6*1H4. The minimum atomic E-state index is -5.53. The van der Waals surface area contributed by atoms with Crippen LogP contribution in [0.5, 0.6) is 0 Å². The van der Waals surface area contributed by atoms with E-state index < -0.39 is 98.2 Å². The summed E-state index contributed by atoms with van der Waals surface area (Å²) in [5, 5.41) is 0. The second-order valence-corrected chi connectivity index (χ2v) is 50.3. The van der Waals surface area contributed by atoms with Gasteiger partial charge in [-0.2, -0.15) is 52.7 Å². The molecule has 12 bridgehead atoms. The molecule has 24 heteroatoms. The average Bonchev–Trinajstić information content (AvgIpc) is 1.56. The van der Waals surface area contributed by atoms with Gasteiger partial charge in [-0.25, -0.2) is 0 Å². The smallest absolute Gasteiger partial charge is 0.421 e. The lowest BCUT2D eigenvalue weighted by Crippen LogP contribution is -2.62. The Morgan fingerprint density at radius 2 is 0.644 bits per heavy atom. The van der Waals surface area contributed by atoms with Crippen LogP contribution in [-0.2, 0) is 41.7 Å². The quantitative estimate of drug-likeness (QED) is 0.0904. The number of hydrogen-bond acceptors (Lipinski definition) is 9. The SMILES string of the molecule is C.C.C.C.C.C.CC(CC1CC2CC1C1C3CCC(C3)C21)(OC1CCCCO1)C(F)(F)F.CO[Si](C)(C)C.CO[Si](C)(C)C.CO[Si](C)(C)C.FC(F)(F)C(CC1CC2CC1C1C3CCC(C3)C21)(OC1CCCCO1)C(F)(F)F.FC(F)(F)C(CC1CC2CC1C1C3CCC(C3)C21)OC1CCCCO1. The van der Waals surface area contributed by atoms with Gasteiger partial charge in [-0.05, 0) is 363 Å². The van der Waals surface area contributed by atoms with Crippen molar-refractivity contribution in [2.24, 2.45) is 124 Å². The molecular weight excluding hydrogens is 1420 g/mol. The fourth-order valence-electron chi connectivity index (χ4n) is 23.2. The predicted octanol–water partition coefficient (Wildman–Crippen LogP) is 25.0. The molecule has 0 aromatic heterocycles. The Morgan fingerprint density at radius 1 is 0.346 bits per heavy atom. The van der Waals surface area contributed by atoms with E-state index in [9.17, 15) is 52.7 Å². The van der Waals surface area contributed by atoms with E-state index in [0.29, 0.717) is 98.6 Å². The maximum Gasteiger partial charge on any atom is 0.426 e. The van der Waals surface area contributed by atoms with Crippen molar-refractivity contribution in [3.8, 4) is 0 Å². The summed E-state index contributed by atoms with van der Waals surface area (Å²) in [6.45, 7) is 21.9. The van der Waals surface area contributed by atoms with Gasteiger partial charge in [-0.1, -0.05) is 44.6 Å². The molecule has 3 heterocycles. The van der Waals surface area contributed by atoms with Gasteiger partial charge in [0.15, 0.2) is 55.5 Å². The maximum absolute atomic E-state index is 14.0. The van der Waals surface area contributed by atoms with E-state index >= 15 is 0 Å². The van der Waals surface area contributed by atoms with Crippen LogP contribution in [0.25, 0.3) is 0 Å². The van der Waals surface area contributed by atoms with Crippen molar-refractivity contribution in [1.29, 1.82) is 0 Å². The Hall–Kier alpha value is -0.549. The molecule has 15 rings (SSSR count). The van der Waals surface area contributed by atoms with Crippen LogP contribution in [-0.4, -0.2) is 127 Å². The van der Waals surface area contributed by atoms with Crippen LogP contribution in [0.2, 0.25) is 58.9 Å². The third-order valence-electron chi connectivity index (χ3n) is 27.5. The van der Waals surface area contributed by atoms with Gasteiger partial charge in [-0.15, -0.1) is 0 Å². The van der Waals surface area contributed by atoms with Crippen LogP contribution in [0.4, 0.5) is 52.7 Å². The Balaban J connectivity index is 0.000000288. The number of hydrogen-bond donors (Lipinski definition) is 0. The Bertz CT molecular complexity index is 2460. The molecule has 12 saturated carbocycles. The van der Waals surface area contributed by atoms with Gasteiger partial charge >= 0.3 is 24.7 Å². The molecule has 0 N–H and O–H groups in total. The largest absolute Gasteiger partial charge is 0.426 e. The molecule has 3 saturated heterocycles. The van der Waals surface area contributed by atoms with Crippen LogP contribution >= 0.6 is 0 Å². The Morgan fingerprint density at radius 3 is 0.942 bits per heavy atom. The van der Waals surface area contributed by atoms with Gasteiger partial charge in [0, 0.05) is 41.2 Å². The molecule has 15 aliphatic rings. The summed E-state index contributed by atoms with van der Waals surface area (Å²) in [4.78, 5) is 0. The third-order valence-corrected chi connectivity index (χ3v) is 31.2. The van der Waals surface area contributed by atoms with E-state index in [4.69, 9.17) is 41.7 Å². The lowest BCUT2D eigenvalue weighted by Gasteiger charge is -2.45. The molecule has 15 fully saturated rings. The predicted molar refractivity (Wildman–Crippen MR) is 401 cm³/mol. The van der Waals surface area contributed by atoms with Gasteiger partial charge in [0.05, 0.1) is 0 Å². The van der Waals surface area contributed by atoms with E-state index in [2.05, 4.69) is 58.9 Å². The number of halogens is 12. The van der Waals surface area contributed by atoms with E-state index in [-0.39, 0.29) is 88.2 Å². The third kappa shape index (κ3) is 21.8. The molecule has 12 aliphatic carbocycles. The van der Waals surface area contributed by atoms with Gasteiger partial charge in [0.1, 0.15) is 0 Å². The Labute approximate surface area is 626 Å². The average molecular weight is 1570 g/mol. The highest BCUT2D eigenvalue weighted by Crippen LogP contribution is 2.73. The highest BCUT2D eigenvalue weighted by Gasteiger charge is 2.75. The number of alkyl halides is 12. The first kappa shape index (κ1) is 95.8. The fraction of sp³-hybridized carbons (Fsp3) is 1.00. The maximum atomic E-state index is 14.0. The van der Waals surface area contributed by atoms with Crippen molar-refractivity contribution in [2.75, 3.05) is 41.2 Å². The van der Waals surface area contributed by atoms with Crippen molar-refractivity contribution in [3.63, 3.8) is 0 Å². The van der Waals surface area contributed by atoms with Crippen molar-refractivity contribution >= 4 is 25.0 Å². The molecule has 104 heavy (non-hydrogen) atoms. The summed E-state index contributed by atoms with van der Waals surface area (Å²) < 4.78 is 214. The zero-order valence-corrected chi connectivity index (χ0v) is 64.4. The number of rotatable bonds is 15. The minimum Gasteiger partial charge on any atom is -0.421 e. The fourth-order valence-corrected chi connectivity index (χ4v) is 23.2. The van der Waals surface area contributed by atoms with E-state index in [1.54, 1.807) is 21.3 Å². The number of ether oxygens (including phenoxy) is 6. The Kier molecular flexibility index (Phi) is 34.6. The van der Waals surface area contributed by atoms with Crippen LogP contribution in [0.3, 0.4) is 0 Å². The van der Waals surface area contributed by atoms with Crippen molar-refractivity contribution in [2.45, 2.75) is 345 Å². The van der Waals surface area contributed by atoms with Crippen LogP contribution in [0.1, 0.15) is 225 Å². The van der Waals surface area contributed by atoms with Crippen LogP contribution in [0.15, 0.2) is 0 Å². The van der Waals surface area contributed by atoms with E-state index in [0.717, 1.165) is 105 Å². The summed E-state index contributed by atoms with van der Waals surface area (Å²) in [5.41, 5.74) is -6.21. The molecule has 0 aromatic carbocycles. The zero-order valence-electron chi connectivity index (χ0n) is 61.4. The van der Waals surface area contributed by atoms with Gasteiger partial charge in [0.2, 0.25) is 0 Å². The molecule has 0 amide bonds. The summed E-state index contributed by atoms with van der Waals surface area (Å²) in [6.07, 6.45) is -1.61. The second-order valence-electron chi connectivity index (χ2n) is 36.4. The molecule has 0 spiro atoms. The van der Waals surface area contributed by atoms with Crippen LogP contribution < -0.4 is 0 Å². The van der Waals surface area contributed by atoms with E-state index in [1.165, 1.54) is 64.7 Å². The second kappa shape index (κ2) is 37.6. The van der Waals surface area contributed by atoms with Gasteiger partial charge in [-0.3, -0.25) is 0 Å². The van der Waals surface area contributed by atoms with Crippen molar-refractivity contribution in [3.05, 3.63) is 0 Å². The van der Waals surface area contributed by atoms with Crippen LogP contribution in [0, 0.1) is 124 Å². The van der Waals surface area contributed by atoms with Gasteiger partial charge < -0.3 is 41.7 Å². The molecular formula is C80H148F12O9Si3. The van der Waals surface area contributed by atoms with E-state index in [1.807, 2.05) is 0 Å². The lowest BCUT2D eigenvalue weighted by atomic mass is 9.65. The summed E-state index contributed by atoms with van der Waals surface area (Å²) in [7, 11) is 1.92. The monoisotopic (exact) mass is 1570 g/mol. The normalized spacial score (nSPS) is 38.7. The first-order valence-electron chi connectivity index (χ1n) is 38.4.